The first kappa shape index (κ1) is 14.3. The van der Waals surface area contributed by atoms with Crippen molar-refractivity contribution >= 4 is 9.84 Å². The number of hydrogen-bond acceptors (Lipinski definition) is 5. The largest absolute Gasteiger partial charge is 0.408 e. The molecule has 0 aliphatic carbocycles. The van der Waals surface area contributed by atoms with E-state index in [1.807, 2.05) is 0 Å². The van der Waals surface area contributed by atoms with E-state index in [0.29, 0.717) is 11.6 Å². The molecule has 2 rings (SSSR count). The van der Waals surface area contributed by atoms with Gasteiger partial charge in [-0.25, -0.2) is 8.42 Å². The molecule has 0 N–H and O–H groups in total. The Morgan fingerprint density at radius 2 is 1.90 bits per heavy atom. The lowest BCUT2D eigenvalue weighted by Gasteiger charge is -1.95. The fraction of sp³-hybridized carbons (Fsp3) is 0.167. The summed E-state index contributed by atoms with van der Waals surface area (Å²) < 4.78 is 52.4. The van der Waals surface area contributed by atoms with Crippen LogP contribution in [0.25, 0.3) is 11.5 Å². The van der Waals surface area contributed by atoms with E-state index in [-0.39, 0.29) is 12.3 Å². The van der Waals surface area contributed by atoms with Crippen molar-refractivity contribution in [2.75, 3.05) is 5.75 Å². The first-order chi connectivity index (χ1) is 9.49. The lowest BCUT2D eigenvalue weighted by molar-refractivity contribution is 0.417. The van der Waals surface area contributed by atoms with Gasteiger partial charge in [-0.2, -0.15) is 8.78 Å². The van der Waals surface area contributed by atoms with Crippen molar-refractivity contribution in [1.82, 2.24) is 10.2 Å². The average Bonchev–Trinajstić information content (AvgIpc) is 2.89. The second-order valence-electron chi connectivity index (χ2n) is 3.84. The number of sulfone groups is 1. The van der Waals surface area contributed by atoms with Crippen molar-refractivity contribution in [3.63, 3.8) is 0 Å². The summed E-state index contributed by atoms with van der Waals surface area (Å²) in [5.41, 5.74) is 0.580. The maximum Gasteiger partial charge on any atom is 0.335 e. The molecule has 2 aromatic rings. The molecule has 20 heavy (non-hydrogen) atoms. The van der Waals surface area contributed by atoms with Crippen molar-refractivity contribution in [3.8, 4) is 11.5 Å². The molecule has 0 atom stereocenters. The molecule has 1 aromatic carbocycles. The van der Waals surface area contributed by atoms with Crippen LogP contribution in [0.5, 0.6) is 0 Å². The number of allylic oxidation sites excluding steroid dienone is 1. The quantitative estimate of drug-likeness (QED) is 0.848. The molecule has 0 aliphatic heterocycles. The summed E-state index contributed by atoms with van der Waals surface area (Å²) in [5.74, 6) is -0.447. The van der Waals surface area contributed by atoms with E-state index in [1.165, 1.54) is 0 Å². The molecule has 0 spiro atoms. The van der Waals surface area contributed by atoms with Gasteiger partial charge in [-0.3, -0.25) is 0 Å². The first-order valence-corrected chi connectivity index (χ1v) is 7.27. The summed E-state index contributed by atoms with van der Waals surface area (Å²) >= 11 is 0. The number of rotatable bonds is 5. The SMILES string of the molecule is O=S(=O)(CCC=C(F)F)c1nnc(-c2ccccc2)o1. The molecule has 0 saturated carbocycles. The van der Waals surface area contributed by atoms with Crippen molar-refractivity contribution < 1.29 is 21.6 Å². The Morgan fingerprint density at radius 1 is 1.20 bits per heavy atom. The molecular weight excluding hydrogens is 290 g/mol. The van der Waals surface area contributed by atoms with E-state index >= 15 is 0 Å². The first-order valence-electron chi connectivity index (χ1n) is 5.62. The van der Waals surface area contributed by atoms with E-state index in [0.717, 1.165) is 0 Å². The molecule has 8 heteroatoms. The smallest absolute Gasteiger partial charge is 0.335 e. The maximum absolute atomic E-state index is 11.9. The number of hydrogen-bond donors (Lipinski definition) is 0. The zero-order valence-electron chi connectivity index (χ0n) is 10.2. The van der Waals surface area contributed by atoms with Crippen molar-refractivity contribution in [2.24, 2.45) is 0 Å². The molecule has 106 valence electrons. The third-order valence-electron chi connectivity index (χ3n) is 2.38. The predicted octanol–water partition coefficient (Wildman–Crippen LogP) is 2.68. The van der Waals surface area contributed by atoms with Gasteiger partial charge in [0.2, 0.25) is 15.7 Å². The fourth-order valence-electron chi connectivity index (χ4n) is 1.44. The predicted molar refractivity (Wildman–Crippen MR) is 66.7 cm³/mol. The second kappa shape index (κ2) is 5.91. The van der Waals surface area contributed by atoms with Gasteiger partial charge in [0.15, 0.2) is 0 Å². The van der Waals surface area contributed by atoms with Gasteiger partial charge in [-0.1, -0.05) is 23.3 Å². The van der Waals surface area contributed by atoms with Crippen molar-refractivity contribution in [2.45, 2.75) is 11.6 Å². The Labute approximate surface area is 113 Å². The number of benzene rings is 1. The standard InChI is InChI=1S/C12H10F2N2O3S/c13-10(14)7-4-8-20(17,18)12-16-15-11(19-12)9-5-2-1-3-6-9/h1-3,5-7H,4,8H2. The molecule has 0 saturated heterocycles. The van der Waals surface area contributed by atoms with Crippen LogP contribution < -0.4 is 0 Å². The van der Waals surface area contributed by atoms with Crippen LogP contribution in [0, 0.1) is 0 Å². The highest BCUT2D eigenvalue weighted by Crippen LogP contribution is 2.20. The highest BCUT2D eigenvalue weighted by atomic mass is 32.2. The number of aromatic nitrogens is 2. The van der Waals surface area contributed by atoms with Crippen LogP contribution in [0.15, 0.2) is 52.1 Å². The van der Waals surface area contributed by atoms with E-state index in [4.69, 9.17) is 4.42 Å². The molecule has 0 fully saturated rings. The minimum atomic E-state index is -3.86. The number of halogens is 2. The highest BCUT2D eigenvalue weighted by Gasteiger charge is 2.22. The van der Waals surface area contributed by atoms with E-state index in [9.17, 15) is 17.2 Å². The molecular formula is C12H10F2N2O3S. The van der Waals surface area contributed by atoms with E-state index < -0.39 is 26.9 Å². The highest BCUT2D eigenvalue weighted by molar-refractivity contribution is 7.91. The maximum atomic E-state index is 11.9. The fourth-order valence-corrected chi connectivity index (χ4v) is 2.42. The summed E-state index contributed by atoms with van der Waals surface area (Å²) in [6, 6.07) is 8.64. The molecule has 5 nitrogen and oxygen atoms in total. The normalized spacial score (nSPS) is 11.3. The summed E-state index contributed by atoms with van der Waals surface area (Å²) in [4.78, 5) is 0. The Kier molecular flexibility index (Phi) is 4.23. The summed E-state index contributed by atoms with van der Waals surface area (Å²) in [6.07, 6.45) is -1.70. The molecule has 0 bridgehead atoms. The molecule has 1 aromatic heterocycles. The molecule has 0 amide bonds. The lowest BCUT2D eigenvalue weighted by Crippen LogP contribution is -2.06. The molecule has 0 radical (unpaired) electrons. The minimum Gasteiger partial charge on any atom is -0.408 e. The zero-order valence-corrected chi connectivity index (χ0v) is 11.0. The topological polar surface area (TPSA) is 73.1 Å². The van der Waals surface area contributed by atoms with Crippen LogP contribution in [0.1, 0.15) is 6.42 Å². The summed E-state index contributed by atoms with van der Waals surface area (Å²) in [7, 11) is -3.86. The van der Waals surface area contributed by atoms with Gasteiger partial charge >= 0.3 is 5.22 Å². The van der Waals surface area contributed by atoms with Crippen LogP contribution >= 0.6 is 0 Å². The molecule has 0 unspecified atom stereocenters. The minimum absolute atomic E-state index is 0.0661. The van der Waals surface area contributed by atoms with Gasteiger partial charge in [0, 0.05) is 5.56 Å². The van der Waals surface area contributed by atoms with Crippen molar-refractivity contribution in [1.29, 1.82) is 0 Å². The van der Waals surface area contributed by atoms with Gasteiger partial charge in [0.1, 0.15) is 0 Å². The Balaban J connectivity index is 2.18. The van der Waals surface area contributed by atoms with Crippen LogP contribution in [0.3, 0.4) is 0 Å². The zero-order chi connectivity index (χ0) is 14.6. The monoisotopic (exact) mass is 300 g/mol. The summed E-state index contributed by atoms with van der Waals surface area (Å²) in [6.45, 7) is 0. The Bertz CT molecular complexity index is 707. The van der Waals surface area contributed by atoms with Gasteiger partial charge < -0.3 is 4.42 Å². The van der Waals surface area contributed by atoms with Crippen LogP contribution in [0.4, 0.5) is 8.78 Å². The third kappa shape index (κ3) is 3.47. The lowest BCUT2D eigenvalue weighted by atomic mass is 10.2. The summed E-state index contributed by atoms with van der Waals surface area (Å²) in [5, 5.41) is 6.52. The van der Waals surface area contributed by atoms with Gasteiger partial charge in [-0.05, 0) is 24.6 Å². The average molecular weight is 300 g/mol. The number of nitrogens with zero attached hydrogens (tertiary/aromatic N) is 2. The van der Waals surface area contributed by atoms with Crippen LogP contribution in [-0.4, -0.2) is 24.4 Å². The van der Waals surface area contributed by atoms with Crippen LogP contribution in [-0.2, 0) is 9.84 Å². The second-order valence-corrected chi connectivity index (χ2v) is 5.83. The molecule has 0 aliphatic rings. The van der Waals surface area contributed by atoms with Gasteiger partial charge in [0.05, 0.1) is 5.75 Å². The van der Waals surface area contributed by atoms with Crippen molar-refractivity contribution in [3.05, 3.63) is 42.5 Å². The van der Waals surface area contributed by atoms with E-state index in [1.54, 1.807) is 30.3 Å². The Morgan fingerprint density at radius 3 is 2.55 bits per heavy atom. The van der Waals surface area contributed by atoms with E-state index in [2.05, 4.69) is 10.2 Å². The molecule has 1 heterocycles. The van der Waals surface area contributed by atoms with Gasteiger partial charge in [-0.15, -0.1) is 5.10 Å². The third-order valence-corrected chi connectivity index (χ3v) is 3.85. The van der Waals surface area contributed by atoms with Crippen LogP contribution in [0.2, 0.25) is 0 Å². The van der Waals surface area contributed by atoms with Gasteiger partial charge in [0.25, 0.3) is 6.08 Å². The Hall–Kier alpha value is -2.09.